The Morgan fingerprint density at radius 3 is 2.58 bits per heavy atom. The molecular formula is C13H20N2O4. The lowest BCUT2D eigenvalue weighted by atomic mass is 10.3. The van der Waals surface area contributed by atoms with Gasteiger partial charge in [-0.25, -0.2) is 4.79 Å². The monoisotopic (exact) mass is 268 g/mol. The number of aliphatic carboxylic acids is 1. The van der Waals surface area contributed by atoms with E-state index in [0.717, 1.165) is 0 Å². The zero-order valence-corrected chi connectivity index (χ0v) is 11.5. The van der Waals surface area contributed by atoms with E-state index >= 15 is 0 Å². The van der Waals surface area contributed by atoms with Crippen LogP contribution in [0.15, 0.2) is 22.8 Å². The van der Waals surface area contributed by atoms with Gasteiger partial charge in [-0.2, -0.15) is 0 Å². The highest BCUT2D eigenvalue weighted by Crippen LogP contribution is 2.09. The van der Waals surface area contributed by atoms with E-state index in [1.165, 1.54) is 9.80 Å². The minimum atomic E-state index is -0.910. The van der Waals surface area contributed by atoms with Crippen LogP contribution in [0.25, 0.3) is 0 Å². The number of urea groups is 1. The van der Waals surface area contributed by atoms with Gasteiger partial charge in [-0.15, -0.1) is 0 Å². The third-order valence-corrected chi connectivity index (χ3v) is 2.74. The number of carbonyl (C=O) groups excluding carboxylic acids is 1. The second-order valence-electron chi connectivity index (χ2n) is 4.65. The first-order valence-electron chi connectivity index (χ1n) is 6.17. The minimum Gasteiger partial charge on any atom is -0.481 e. The molecule has 6 heteroatoms. The van der Waals surface area contributed by atoms with Gasteiger partial charge in [-0.1, -0.05) is 0 Å². The molecule has 0 aliphatic carbocycles. The molecule has 19 heavy (non-hydrogen) atoms. The Balaban J connectivity index is 2.62. The van der Waals surface area contributed by atoms with Crippen molar-refractivity contribution in [1.82, 2.24) is 9.80 Å². The van der Waals surface area contributed by atoms with Crippen LogP contribution in [0.5, 0.6) is 0 Å². The lowest BCUT2D eigenvalue weighted by molar-refractivity contribution is -0.137. The normalized spacial score (nSPS) is 10.5. The summed E-state index contributed by atoms with van der Waals surface area (Å²) in [4.78, 5) is 25.9. The van der Waals surface area contributed by atoms with Gasteiger partial charge in [-0.3, -0.25) is 4.79 Å². The van der Waals surface area contributed by atoms with Crippen LogP contribution in [0.1, 0.15) is 26.0 Å². The first-order valence-corrected chi connectivity index (χ1v) is 6.17. The number of nitrogens with zero attached hydrogens (tertiary/aromatic N) is 2. The molecule has 0 aliphatic rings. The van der Waals surface area contributed by atoms with E-state index in [1.807, 2.05) is 13.8 Å². The van der Waals surface area contributed by atoms with Crippen molar-refractivity contribution in [2.75, 3.05) is 13.6 Å². The van der Waals surface area contributed by atoms with Crippen LogP contribution in [-0.4, -0.2) is 46.5 Å². The number of furan rings is 1. The van der Waals surface area contributed by atoms with Crippen LogP contribution in [0, 0.1) is 0 Å². The zero-order chi connectivity index (χ0) is 14.4. The Labute approximate surface area is 112 Å². The van der Waals surface area contributed by atoms with Crippen LogP contribution in [0.2, 0.25) is 0 Å². The van der Waals surface area contributed by atoms with Gasteiger partial charge < -0.3 is 19.3 Å². The smallest absolute Gasteiger partial charge is 0.320 e. The molecule has 0 fully saturated rings. The molecule has 1 aromatic rings. The summed E-state index contributed by atoms with van der Waals surface area (Å²) in [5.41, 5.74) is 0. The Morgan fingerprint density at radius 2 is 2.11 bits per heavy atom. The SMILES string of the molecule is CC(C)N(CCC(=O)O)C(=O)N(C)Cc1ccco1. The van der Waals surface area contributed by atoms with Gasteiger partial charge in [0.15, 0.2) is 0 Å². The third kappa shape index (κ3) is 4.65. The standard InChI is InChI=1S/C13H20N2O4/c1-10(2)15(7-6-12(16)17)13(18)14(3)9-11-5-4-8-19-11/h4-5,8,10H,6-7,9H2,1-3H3,(H,16,17). The fourth-order valence-corrected chi connectivity index (χ4v) is 1.71. The third-order valence-electron chi connectivity index (χ3n) is 2.74. The van der Waals surface area contributed by atoms with E-state index in [2.05, 4.69) is 0 Å². The largest absolute Gasteiger partial charge is 0.481 e. The molecule has 2 amide bonds. The lowest BCUT2D eigenvalue weighted by Crippen LogP contribution is -2.45. The number of hydrogen-bond acceptors (Lipinski definition) is 3. The molecule has 0 radical (unpaired) electrons. The van der Waals surface area contributed by atoms with Crippen molar-refractivity contribution in [2.24, 2.45) is 0 Å². The van der Waals surface area contributed by atoms with Crippen molar-refractivity contribution in [2.45, 2.75) is 32.9 Å². The van der Waals surface area contributed by atoms with Crippen molar-refractivity contribution < 1.29 is 19.1 Å². The highest BCUT2D eigenvalue weighted by molar-refractivity contribution is 5.75. The molecule has 1 heterocycles. The lowest BCUT2D eigenvalue weighted by Gasteiger charge is -2.30. The Bertz CT molecular complexity index is 414. The van der Waals surface area contributed by atoms with Gasteiger partial charge in [0, 0.05) is 19.6 Å². The molecule has 1 aromatic heterocycles. The van der Waals surface area contributed by atoms with Crippen molar-refractivity contribution in [3.05, 3.63) is 24.2 Å². The highest BCUT2D eigenvalue weighted by atomic mass is 16.4. The van der Waals surface area contributed by atoms with Gasteiger partial charge >= 0.3 is 12.0 Å². The molecular weight excluding hydrogens is 248 g/mol. The Morgan fingerprint density at radius 1 is 1.42 bits per heavy atom. The van der Waals surface area contributed by atoms with E-state index < -0.39 is 5.97 Å². The first-order chi connectivity index (χ1) is 8.91. The fraction of sp³-hybridized carbons (Fsp3) is 0.538. The molecule has 0 bridgehead atoms. The quantitative estimate of drug-likeness (QED) is 0.856. The fourth-order valence-electron chi connectivity index (χ4n) is 1.71. The molecule has 1 rings (SSSR count). The molecule has 0 saturated heterocycles. The molecule has 0 unspecified atom stereocenters. The maximum Gasteiger partial charge on any atom is 0.320 e. The summed E-state index contributed by atoms with van der Waals surface area (Å²) in [5, 5.41) is 8.71. The molecule has 0 aromatic carbocycles. The average molecular weight is 268 g/mol. The van der Waals surface area contributed by atoms with E-state index in [9.17, 15) is 9.59 Å². The van der Waals surface area contributed by atoms with Crippen molar-refractivity contribution >= 4 is 12.0 Å². The Hall–Kier alpha value is -1.98. The molecule has 6 nitrogen and oxygen atoms in total. The summed E-state index contributed by atoms with van der Waals surface area (Å²) in [6.45, 7) is 4.29. The number of carbonyl (C=O) groups is 2. The highest BCUT2D eigenvalue weighted by Gasteiger charge is 2.21. The number of hydrogen-bond donors (Lipinski definition) is 1. The summed E-state index contributed by atoms with van der Waals surface area (Å²) in [7, 11) is 1.67. The van der Waals surface area contributed by atoms with Gasteiger partial charge in [0.1, 0.15) is 5.76 Å². The van der Waals surface area contributed by atoms with Crippen molar-refractivity contribution in [3.8, 4) is 0 Å². The summed E-state index contributed by atoms with van der Waals surface area (Å²) >= 11 is 0. The van der Waals surface area contributed by atoms with Crippen LogP contribution in [0.4, 0.5) is 4.79 Å². The van der Waals surface area contributed by atoms with E-state index in [4.69, 9.17) is 9.52 Å². The van der Waals surface area contributed by atoms with Crippen LogP contribution >= 0.6 is 0 Å². The molecule has 1 N–H and O–H groups in total. The topological polar surface area (TPSA) is 74.0 Å². The number of rotatable bonds is 6. The maximum absolute atomic E-state index is 12.2. The summed E-state index contributed by atoms with van der Waals surface area (Å²) < 4.78 is 5.19. The summed E-state index contributed by atoms with van der Waals surface area (Å²) in [6, 6.07) is 3.30. The molecule has 0 aliphatic heterocycles. The van der Waals surface area contributed by atoms with Gasteiger partial charge in [0.2, 0.25) is 0 Å². The predicted molar refractivity (Wildman–Crippen MR) is 69.7 cm³/mol. The van der Waals surface area contributed by atoms with E-state index in [1.54, 1.807) is 25.4 Å². The minimum absolute atomic E-state index is 0.0501. The van der Waals surface area contributed by atoms with Crippen molar-refractivity contribution in [3.63, 3.8) is 0 Å². The van der Waals surface area contributed by atoms with Crippen LogP contribution in [-0.2, 0) is 11.3 Å². The zero-order valence-electron chi connectivity index (χ0n) is 11.5. The van der Waals surface area contributed by atoms with Gasteiger partial charge in [0.25, 0.3) is 0 Å². The van der Waals surface area contributed by atoms with Crippen molar-refractivity contribution in [1.29, 1.82) is 0 Å². The molecule has 0 saturated carbocycles. The second-order valence-corrected chi connectivity index (χ2v) is 4.65. The van der Waals surface area contributed by atoms with Crippen LogP contribution < -0.4 is 0 Å². The first kappa shape index (κ1) is 15.1. The van der Waals surface area contributed by atoms with Gasteiger partial charge in [-0.05, 0) is 26.0 Å². The maximum atomic E-state index is 12.2. The predicted octanol–water partition coefficient (Wildman–Crippen LogP) is 2.02. The average Bonchev–Trinajstić information content (AvgIpc) is 2.80. The summed E-state index contributed by atoms with van der Waals surface area (Å²) in [5.74, 6) is -0.218. The Kier molecular flexibility index (Phi) is 5.41. The summed E-state index contributed by atoms with van der Waals surface area (Å²) in [6.07, 6.45) is 1.50. The van der Waals surface area contributed by atoms with Gasteiger partial charge in [0.05, 0.1) is 19.2 Å². The molecule has 106 valence electrons. The number of carboxylic acid groups (broad SMARTS) is 1. The number of carboxylic acids is 1. The molecule has 0 spiro atoms. The van der Waals surface area contributed by atoms with E-state index in [-0.39, 0.29) is 25.0 Å². The molecule has 0 atom stereocenters. The van der Waals surface area contributed by atoms with Crippen LogP contribution in [0.3, 0.4) is 0 Å². The second kappa shape index (κ2) is 6.82. The number of amides is 2. The van der Waals surface area contributed by atoms with E-state index in [0.29, 0.717) is 12.3 Å².